The number of ether oxygens (including phenoxy) is 2. The van der Waals surface area contributed by atoms with Gasteiger partial charge in [0.15, 0.2) is 6.79 Å². The van der Waals surface area contributed by atoms with Crippen LogP contribution in [0, 0.1) is 13.8 Å². The molecule has 0 spiro atoms. The highest BCUT2D eigenvalue weighted by atomic mass is 16.7. The Kier molecular flexibility index (Phi) is 6.05. The SMILES string of the molecule is COCOc1ccc(Cc2c(C)cc(O)cc2C)nc1-c1ccc2c(c1)CCCC2. The van der Waals surface area contributed by atoms with Crippen LogP contribution in [-0.2, 0) is 24.0 Å². The summed E-state index contributed by atoms with van der Waals surface area (Å²) in [5.74, 6) is 1.04. The van der Waals surface area contributed by atoms with Crippen molar-refractivity contribution in [2.75, 3.05) is 13.9 Å². The van der Waals surface area contributed by atoms with Crippen molar-refractivity contribution < 1.29 is 14.6 Å². The minimum Gasteiger partial charge on any atom is -0.508 e. The second-order valence-corrected chi connectivity index (χ2v) is 8.13. The maximum atomic E-state index is 9.85. The monoisotopic (exact) mass is 403 g/mol. The average Bonchev–Trinajstić information content (AvgIpc) is 2.74. The first kappa shape index (κ1) is 20.4. The van der Waals surface area contributed by atoms with E-state index in [1.54, 1.807) is 7.11 Å². The summed E-state index contributed by atoms with van der Waals surface area (Å²) in [7, 11) is 1.62. The fourth-order valence-electron chi connectivity index (χ4n) is 4.34. The van der Waals surface area contributed by atoms with Gasteiger partial charge in [-0.15, -0.1) is 0 Å². The fourth-order valence-corrected chi connectivity index (χ4v) is 4.34. The van der Waals surface area contributed by atoms with E-state index in [0.717, 1.165) is 46.7 Å². The molecule has 4 heteroatoms. The Balaban J connectivity index is 1.73. The third-order valence-corrected chi connectivity index (χ3v) is 5.91. The highest BCUT2D eigenvalue weighted by Crippen LogP contribution is 2.33. The Labute approximate surface area is 178 Å². The highest BCUT2D eigenvalue weighted by Gasteiger charge is 2.16. The predicted octanol–water partition coefficient (Wildman–Crippen LogP) is 5.52. The normalized spacial score (nSPS) is 13.2. The lowest BCUT2D eigenvalue weighted by molar-refractivity contribution is 0.0513. The molecule has 30 heavy (non-hydrogen) atoms. The van der Waals surface area contributed by atoms with E-state index in [-0.39, 0.29) is 6.79 Å². The first-order valence-corrected chi connectivity index (χ1v) is 10.6. The lowest BCUT2D eigenvalue weighted by Crippen LogP contribution is -2.06. The summed E-state index contributed by atoms with van der Waals surface area (Å²) in [6, 6.07) is 14.3. The average molecular weight is 404 g/mol. The van der Waals surface area contributed by atoms with Gasteiger partial charge >= 0.3 is 0 Å². The molecule has 0 aliphatic heterocycles. The standard InChI is InChI=1S/C26H29NO3/c1-17-12-23(28)13-18(2)24(17)15-22-10-11-25(30-16-29-3)26(27-22)21-9-8-19-6-4-5-7-20(19)14-21/h8-14,28H,4-7,15-16H2,1-3H3. The predicted molar refractivity (Wildman–Crippen MR) is 119 cm³/mol. The molecule has 0 saturated heterocycles. The summed E-state index contributed by atoms with van der Waals surface area (Å²) in [4.78, 5) is 5.00. The summed E-state index contributed by atoms with van der Waals surface area (Å²) in [5, 5.41) is 9.85. The number of phenols is 1. The first-order chi connectivity index (χ1) is 14.5. The molecular formula is C26H29NO3. The molecule has 1 heterocycles. The van der Waals surface area contributed by atoms with Gasteiger partial charge in [-0.3, -0.25) is 0 Å². The molecule has 3 aromatic rings. The Morgan fingerprint density at radius 3 is 2.40 bits per heavy atom. The molecule has 0 radical (unpaired) electrons. The van der Waals surface area contributed by atoms with Crippen LogP contribution in [0.25, 0.3) is 11.3 Å². The van der Waals surface area contributed by atoms with Gasteiger partial charge < -0.3 is 14.6 Å². The molecule has 4 nitrogen and oxygen atoms in total. The number of aromatic nitrogens is 1. The molecular weight excluding hydrogens is 374 g/mol. The van der Waals surface area contributed by atoms with E-state index in [1.165, 1.54) is 29.5 Å². The second-order valence-electron chi connectivity index (χ2n) is 8.13. The molecule has 0 atom stereocenters. The lowest BCUT2D eigenvalue weighted by Gasteiger charge is -2.18. The smallest absolute Gasteiger partial charge is 0.188 e. The van der Waals surface area contributed by atoms with E-state index in [0.29, 0.717) is 12.2 Å². The van der Waals surface area contributed by atoms with Gasteiger partial charge in [0.1, 0.15) is 17.2 Å². The van der Waals surface area contributed by atoms with E-state index < -0.39 is 0 Å². The number of nitrogens with zero attached hydrogens (tertiary/aromatic N) is 1. The minimum atomic E-state index is 0.190. The molecule has 1 aromatic heterocycles. The number of fused-ring (bicyclic) bond motifs is 1. The van der Waals surface area contributed by atoms with E-state index in [1.807, 2.05) is 38.1 Å². The van der Waals surface area contributed by atoms with Crippen LogP contribution in [0.1, 0.15) is 46.4 Å². The van der Waals surface area contributed by atoms with Crippen LogP contribution in [0.4, 0.5) is 0 Å². The summed E-state index contributed by atoms with van der Waals surface area (Å²) in [5.41, 5.74) is 9.14. The van der Waals surface area contributed by atoms with Gasteiger partial charge in [0.2, 0.25) is 0 Å². The van der Waals surface area contributed by atoms with E-state index >= 15 is 0 Å². The van der Waals surface area contributed by atoms with Crippen molar-refractivity contribution >= 4 is 0 Å². The summed E-state index contributed by atoms with van der Waals surface area (Å²) in [6.07, 6.45) is 5.52. The highest BCUT2D eigenvalue weighted by molar-refractivity contribution is 5.68. The van der Waals surface area contributed by atoms with Gasteiger partial charge in [-0.1, -0.05) is 12.1 Å². The van der Waals surface area contributed by atoms with E-state index in [4.69, 9.17) is 14.5 Å². The number of hydrogen-bond acceptors (Lipinski definition) is 4. The van der Waals surface area contributed by atoms with Gasteiger partial charge in [-0.05, 0) is 97.7 Å². The van der Waals surface area contributed by atoms with Crippen molar-refractivity contribution in [1.29, 1.82) is 0 Å². The van der Waals surface area contributed by atoms with Crippen LogP contribution in [0.2, 0.25) is 0 Å². The van der Waals surface area contributed by atoms with Crippen LogP contribution in [-0.4, -0.2) is 24.0 Å². The molecule has 2 aromatic carbocycles. The molecule has 0 amide bonds. The quantitative estimate of drug-likeness (QED) is 0.550. The third-order valence-electron chi connectivity index (χ3n) is 5.91. The van der Waals surface area contributed by atoms with Crippen molar-refractivity contribution in [3.63, 3.8) is 0 Å². The van der Waals surface area contributed by atoms with Crippen LogP contribution >= 0.6 is 0 Å². The van der Waals surface area contributed by atoms with Crippen molar-refractivity contribution in [3.05, 3.63) is 76.0 Å². The maximum Gasteiger partial charge on any atom is 0.188 e. The minimum absolute atomic E-state index is 0.190. The number of methoxy groups -OCH3 is 1. The van der Waals surface area contributed by atoms with Gasteiger partial charge in [-0.25, -0.2) is 4.98 Å². The summed E-state index contributed by atoms with van der Waals surface area (Å²) in [6.45, 7) is 4.25. The van der Waals surface area contributed by atoms with Gasteiger partial charge in [0.05, 0.1) is 0 Å². The van der Waals surface area contributed by atoms with Crippen LogP contribution in [0.5, 0.6) is 11.5 Å². The Bertz CT molecular complexity index is 1040. The zero-order valence-electron chi connectivity index (χ0n) is 18.0. The zero-order valence-corrected chi connectivity index (χ0v) is 18.0. The van der Waals surface area contributed by atoms with Crippen molar-refractivity contribution in [2.24, 2.45) is 0 Å². The van der Waals surface area contributed by atoms with E-state index in [9.17, 15) is 5.11 Å². The number of aryl methyl sites for hydroxylation is 4. The van der Waals surface area contributed by atoms with Crippen LogP contribution < -0.4 is 4.74 Å². The molecule has 1 aliphatic rings. The Morgan fingerprint density at radius 2 is 1.67 bits per heavy atom. The maximum absolute atomic E-state index is 9.85. The Morgan fingerprint density at radius 1 is 0.933 bits per heavy atom. The summed E-state index contributed by atoms with van der Waals surface area (Å²) < 4.78 is 11.0. The number of aromatic hydroxyl groups is 1. The number of hydrogen-bond donors (Lipinski definition) is 1. The van der Waals surface area contributed by atoms with Crippen LogP contribution in [0.15, 0.2) is 42.5 Å². The first-order valence-electron chi connectivity index (χ1n) is 10.6. The fraction of sp³-hybridized carbons (Fsp3) is 0.346. The molecule has 1 aliphatic carbocycles. The van der Waals surface area contributed by atoms with E-state index in [2.05, 4.69) is 18.2 Å². The number of phenolic OH excluding ortho intramolecular Hbond substituents is 1. The molecule has 156 valence electrons. The van der Waals surface area contributed by atoms with Gasteiger partial charge in [0, 0.05) is 24.8 Å². The van der Waals surface area contributed by atoms with Crippen molar-refractivity contribution in [2.45, 2.75) is 46.0 Å². The third kappa shape index (κ3) is 4.34. The van der Waals surface area contributed by atoms with Crippen molar-refractivity contribution in [3.8, 4) is 22.8 Å². The van der Waals surface area contributed by atoms with Gasteiger partial charge in [0.25, 0.3) is 0 Å². The van der Waals surface area contributed by atoms with Crippen LogP contribution in [0.3, 0.4) is 0 Å². The van der Waals surface area contributed by atoms with Gasteiger partial charge in [-0.2, -0.15) is 0 Å². The Hall–Kier alpha value is -2.85. The molecule has 1 N–H and O–H groups in total. The number of benzene rings is 2. The zero-order chi connectivity index (χ0) is 21.1. The molecule has 0 bridgehead atoms. The number of pyridine rings is 1. The largest absolute Gasteiger partial charge is 0.508 e. The lowest BCUT2D eigenvalue weighted by atomic mass is 9.89. The second kappa shape index (κ2) is 8.88. The topological polar surface area (TPSA) is 51.6 Å². The number of rotatable bonds is 6. The molecule has 0 saturated carbocycles. The summed E-state index contributed by atoms with van der Waals surface area (Å²) >= 11 is 0. The molecule has 0 fully saturated rings. The molecule has 4 rings (SSSR count). The van der Waals surface area contributed by atoms with Crippen molar-refractivity contribution in [1.82, 2.24) is 4.98 Å². The molecule has 0 unspecified atom stereocenters.